The molecular weight excluding hydrogens is 78.0 g/mol. The minimum Gasteiger partial charge on any atom is -0.150 e. The average Bonchev–Trinajstić information content (AvgIpc) is 2.12. The predicted molar refractivity (Wildman–Crippen MR) is 21.2 cm³/mol. The summed E-state index contributed by atoms with van der Waals surface area (Å²) in [5.41, 5.74) is 0. The highest BCUT2D eigenvalue weighted by Gasteiger charge is 2.66. The van der Waals surface area contributed by atoms with E-state index in [9.17, 15) is 4.91 Å². The molecule has 0 N–H and O–H groups in total. The molecule has 0 aromatic carbocycles. The largest absolute Gasteiger partial charge is 0.150 e. The van der Waals surface area contributed by atoms with Gasteiger partial charge in [-0.3, -0.25) is 0 Å². The lowest BCUT2D eigenvalue weighted by atomic mass is 10.4. The molecule has 0 unspecified atom stereocenters. The van der Waals surface area contributed by atoms with Gasteiger partial charge >= 0.3 is 0 Å². The van der Waals surface area contributed by atoms with Gasteiger partial charge in [0.05, 0.1) is 6.04 Å². The minimum absolute atomic E-state index is 0.269. The van der Waals surface area contributed by atoms with Crippen molar-refractivity contribution >= 4 is 0 Å². The van der Waals surface area contributed by atoms with Gasteiger partial charge in [-0.2, -0.15) is 4.91 Å². The van der Waals surface area contributed by atoms with Crippen LogP contribution in [0.1, 0.15) is 6.42 Å². The smallest absolute Gasteiger partial charge is 0.0982 e. The summed E-state index contributed by atoms with van der Waals surface area (Å²) in [6.45, 7) is 0. The molecule has 2 nitrogen and oxygen atoms in total. The molecule has 6 heavy (non-hydrogen) atoms. The number of hydrogen-bond acceptors (Lipinski definition) is 2. The van der Waals surface area contributed by atoms with Gasteiger partial charge in [0, 0.05) is 0 Å². The highest BCUT2D eigenvalue weighted by molar-refractivity contribution is 5.17. The van der Waals surface area contributed by atoms with E-state index in [1.165, 1.54) is 6.42 Å². The van der Waals surface area contributed by atoms with Crippen molar-refractivity contribution in [3.63, 3.8) is 0 Å². The molecule has 0 aromatic heterocycles. The quantitative estimate of drug-likeness (QED) is 0.430. The standard InChI is InChI=1S/C4H5NO/c6-5-4-2-1-3(2)4/h2-4H,1H2/t2-,3-/m1/s1. The Hall–Kier alpha value is -0.400. The highest BCUT2D eigenvalue weighted by Crippen LogP contribution is 2.64. The number of hydrogen-bond donors (Lipinski definition) is 0. The third kappa shape index (κ3) is 0.132. The average molecular weight is 83.1 g/mol. The van der Waals surface area contributed by atoms with Gasteiger partial charge in [-0.1, -0.05) is 5.18 Å². The van der Waals surface area contributed by atoms with Crippen LogP contribution in [-0.4, -0.2) is 6.04 Å². The molecule has 0 radical (unpaired) electrons. The van der Waals surface area contributed by atoms with Crippen molar-refractivity contribution in [1.29, 1.82) is 0 Å². The second-order valence-corrected chi connectivity index (χ2v) is 2.16. The van der Waals surface area contributed by atoms with Crippen LogP contribution in [0, 0.1) is 16.7 Å². The Bertz CT molecular complexity index is 93.7. The molecule has 2 aliphatic carbocycles. The molecule has 0 bridgehead atoms. The van der Waals surface area contributed by atoms with Gasteiger partial charge < -0.3 is 0 Å². The van der Waals surface area contributed by atoms with E-state index < -0.39 is 0 Å². The zero-order chi connectivity index (χ0) is 4.15. The van der Waals surface area contributed by atoms with Gasteiger partial charge in [-0.05, 0) is 18.3 Å². The van der Waals surface area contributed by atoms with Crippen LogP contribution < -0.4 is 0 Å². The summed E-state index contributed by atoms with van der Waals surface area (Å²) in [7, 11) is 0. The normalized spacial score (nSPS) is 59.7. The minimum atomic E-state index is 0.269. The molecule has 32 valence electrons. The Morgan fingerprint density at radius 1 is 1.50 bits per heavy atom. The van der Waals surface area contributed by atoms with Gasteiger partial charge in [0.1, 0.15) is 0 Å². The van der Waals surface area contributed by atoms with Crippen LogP contribution >= 0.6 is 0 Å². The second-order valence-electron chi connectivity index (χ2n) is 2.16. The maximum absolute atomic E-state index is 9.56. The number of fused-ring (bicyclic) bond motifs is 1. The van der Waals surface area contributed by atoms with E-state index >= 15 is 0 Å². The van der Waals surface area contributed by atoms with Crippen molar-refractivity contribution in [3.8, 4) is 0 Å². The summed E-state index contributed by atoms with van der Waals surface area (Å²) >= 11 is 0. The number of nitrogens with zero attached hydrogens (tertiary/aromatic N) is 1. The lowest BCUT2D eigenvalue weighted by Crippen LogP contribution is -1.85. The molecule has 2 saturated carbocycles. The van der Waals surface area contributed by atoms with Crippen LogP contribution in [0.25, 0.3) is 0 Å². The molecule has 0 aliphatic heterocycles. The first kappa shape index (κ1) is 2.72. The van der Waals surface area contributed by atoms with Crippen molar-refractivity contribution in [1.82, 2.24) is 0 Å². The van der Waals surface area contributed by atoms with E-state index in [2.05, 4.69) is 5.18 Å². The maximum Gasteiger partial charge on any atom is 0.0982 e. The molecule has 2 fully saturated rings. The van der Waals surface area contributed by atoms with Crippen molar-refractivity contribution in [3.05, 3.63) is 4.91 Å². The first-order valence-electron chi connectivity index (χ1n) is 2.26. The first-order valence-corrected chi connectivity index (χ1v) is 2.26. The zero-order valence-corrected chi connectivity index (χ0v) is 3.29. The second kappa shape index (κ2) is 0.531. The SMILES string of the molecule is O=NC1[C@@H]2C[C@@H]12. The fraction of sp³-hybridized carbons (Fsp3) is 1.00. The molecule has 0 amide bonds. The van der Waals surface area contributed by atoms with Crippen LogP contribution in [-0.2, 0) is 0 Å². The van der Waals surface area contributed by atoms with Crippen LogP contribution in [0.3, 0.4) is 0 Å². The van der Waals surface area contributed by atoms with E-state index in [-0.39, 0.29) is 6.04 Å². The fourth-order valence-electron chi connectivity index (χ4n) is 0.900. The summed E-state index contributed by atoms with van der Waals surface area (Å²) in [6.07, 6.45) is 1.29. The molecule has 0 saturated heterocycles. The first-order chi connectivity index (χ1) is 2.93. The third-order valence-electron chi connectivity index (χ3n) is 1.75. The maximum atomic E-state index is 9.56. The molecule has 2 heteroatoms. The lowest BCUT2D eigenvalue weighted by Gasteiger charge is -1.80. The van der Waals surface area contributed by atoms with E-state index in [1.54, 1.807) is 0 Å². The van der Waals surface area contributed by atoms with Crippen molar-refractivity contribution in [2.75, 3.05) is 0 Å². The molecule has 0 spiro atoms. The number of nitroso groups, excluding NO2 is 1. The summed E-state index contributed by atoms with van der Waals surface area (Å²) in [6, 6.07) is 0.269. The summed E-state index contributed by atoms with van der Waals surface area (Å²) in [4.78, 5) is 9.56. The zero-order valence-electron chi connectivity index (χ0n) is 3.29. The molecule has 2 aliphatic rings. The van der Waals surface area contributed by atoms with Gasteiger partial charge in [0.2, 0.25) is 0 Å². The summed E-state index contributed by atoms with van der Waals surface area (Å²) in [5, 5.41) is 2.88. The Labute approximate surface area is 35.5 Å². The monoisotopic (exact) mass is 83.0 g/mol. The Morgan fingerprint density at radius 2 is 2.17 bits per heavy atom. The van der Waals surface area contributed by atoms with Crippen LogP contribution in [0.5, 0.6) is 0 Å². The number of rotatable bonds is 1. The molecule has 2 rings (SSSR count). The van der Waals surface area contributed by atoms with E-state index in [4.69, 9.17) is 0 Å². The Kier molecular flexibility index (Phi) is 0.241. The molecule has 0 aromatic rings. The van der Waals surface area contributed by atoms with Crippen LogP contribution in [0.2, 0.25) is 0 Å². The van der Waals surface area contributed by atoms with Crippen LogP contribution in [0.15, 0.2) is 5.18 Å². The molecular formula is C4H5NO. The Morgan fingerprint density at radius 3 is 2.17 bits per heavy atom. The van der Waals surface area contributed by atoms with Gasteiger partial charge in [-0.15, -0.1) is 0 Å². The van der Waals surface area contributed by atoms with Crippen molar-refractivity contribution in [2.45, 2.75) is 12.5 Å². The van der Waals surface area contributed by atoms with Gasteiger partial charge in [0.15, 0.2) is 0 Å². The summed E-state index contributed by atoms with van der Waals surface area (Å²) < 4.78 is 0. The van der Waals surface area contributed by atoms with Crippen LogP contribution in [0.4, 0.5) is 0 Å². The topological polar surface area (TPSA) is 29.4 Å². The van der Waals surface area contributed by atoms with E-state index in [1.807, 2.05) is 0 Å². The molecule has 2 atom stereocenters. The van der Waals surface area contributed by atoms with Gasteiger partial charge in [0.25, 0.3) is 0 Å². The highest BCUT2D eigenvalue weighted by atomic mass is 16.3. The summed E-state index contributed by atoms with van der Waals surface area (Å²) in [5.74, 6) is 1.50. The third-order valence-corrected chi connectivity index (χ3v) is 1.75. The lowest BCUT2D eigenvalue weighted by molar-refractivity contribution is 0.755. The predicted octanol–water partition coefficient (Wildman–Crippen LogP) is 0.771. The van der Waals surface area contributed by atoms with Gasteiger partial charge in [-0.25, -0.2) is 0 Å². The van der Waals surface area contributed by atoms with E-state index in [0.29, 0.717) is 0 Å². The Balaban J connectivity index is 2.07. The van der Waals surface area contributed by atoms with E-state index in [0.717, 1.165) is 11.8 Å². The molecule has 0 heterocycles. The fourth-order valence-corrected chi connectivity index (χ4v) is 0.900. The van der Waals surface area contributed by atoms with Crippen molar-refractivity contribution < 1.29 is 0 Å². The van der Waals surface area contributed by atoms with Crippen molar-refractivity contribution in [2.24, 2.45) is 17.0 Å².